The van der Waals surface area contributed by atoms with Crippen LogP contribution < -0.4 is 10.2 Å². The molecule has 0 unspecified atom stereocenters. The topological polar surface area (TPSA) is 121 Å². The van der Waals surface area contributed by atoms with Crippen LogP contribution >= 0.6 is 0 Å². The van der Waals surface area contributed by atoms with Gasteiger partial charge >= 0.3 is 0 Å². The minimum Gasteiger partial charge on any atom is -0.497 e. The lowest BCUT2D eigenvalue weighted by Crippen LogP contribution is -2.40. The number of aliphatic hydroxyl groups is 4. The van der Waals surface area contributed by atoms with Crippen molar-refractivity contribution >= 4 is 0 Å². The molecule has 8 nitrogen and oxygen atoms in total. The van der Waals surface area contributed by atoms with E-state index in [2.05, 4.69) is 5.48 Å². The zero-order valence-corrected chi connectivity index (χ0v) is 12.1. The summed E-state index contributed by atoms with van der Waals surface area (Å²) in [6.07, 6.45) is -6.22. The van der Waals surface area contributed by atoms with E-state index in [4.69, 9.17) is 19.4 Å². The molecule has 1 aromatic rings. The second kappa shape index (κ2) is 7.84. The van der Waals surface area contributed by atoms with Gasteiger partial charge in [0, 0.05) is 6.54 Å². The maximum Gasteiger partial charge on any atom is 0.206 e. The molecule has 22 heavy (non-hydrogen) atoms. The first-order chi connectivity index (χ1) is 10.6. The monoisotopic (exact) mass is 315 g/mol. The van der Waals surface area contributed by atoms with Crippen molar-refractivity contribution in [2.45, 2.75) is 37.3 Å². The van der Waals surface area contributed by atoms with Crippen LogP contribution in [0.5, 0.6) is 5.75 Å². The normalized spacial score (nSPS) is 29.5. The smallest absolute Gasteiger partial charge is 0.206 e. The quantitative estimate of drug-likeness (QED) is 0.386. The van der Waals surface area contributed by atoms with E-state index >= 15 is 0 Å². The Bertz CT molecular complexity index is 472. The van der Waals surface area contributed by atoms with Gasteiger partial charge in [-0.3, -0.25) is 4.84 Å². The lowest BCUT2D eigenvalue weighted by Gasteiger charge is -2.18. The molecule has 1 aliphatic rings. The van der Waals surface area contributed by atoms with E-state index in [0.29, 0.717) is 12.3 Å². The Balaban J connectivity index is 1.84. The first-order valence-electron chi connectivity index (χ1n) is 6.88. The highest BCUT2D eigenvalue weighted by atomic mass is 16.8. The summed E-state index contributed by atoms with van der Waals surface area (Å²) in [5.74, 6) is 0.706. The van der Waals surface area contributed by atoms with Gasteiger partial charge in [0.1, 0.15) is 30.2 Å². The third-order valence-electron chi connectivity index (χ3n) is 3.43. The standard InChI is InChI=1S/C14H21NO7/c1-20-9-4-2-3-8(5-9)6-15-22-14-12(19)11(18)13(21-14)10(17)7-16/h2-5,10-19H,6-7H2,1H3/t10-,11+,12+,13+,14+/m0/s1. The highest BCUT2D eigenvalue weighted by molar-refractivity contribution is 5.28. The van der Waals surface area contributed by atoms with Crippen LogP contribution in [0.25, 0.3) is 0 Å². The van der Waals surface area contributed by atoms with E-state index in [9.17, 15) is 15.3 Å². The van der Waals surface area contributed by atoms with Crippen molar-refractivity contribution < 1.29 is 34.7 Å². The van der Waals surface area contributed by atoms with Crippen LogP contribution in [0.1, 0.15) is 5.56 Å². The fourth-order valence-corrected chi connectivity index (χ4v) is 2.18. The number of benzene rings is 1. The molecular weight excluding hydrogens is 294 g/mol. The van der Waals surface area contributed by atoms with Crippen LogP contribution in [0.15, 0.2) is 24.3 Å². The molecule has 0 aliphatic carbocycles. The highest BCUT2D eigenvalue weighted by Crippen LogP contribution is 2.24. The van der Waals surface area contributed by atoms with Crippen molar-refractivity contribution in [3.63, 3.8) is 0 Å². The van der Waals surface area contributed by atoms with Crippen molar-refractivity contribution in [3.05, 3.63) is 29.8 Å². The van der Waals surface area contributed by atoms with Gasteiger partial charge in [-0.2, -0.15) is 5.48 Å². The van der Waals surface area contributed by atoms with Gasteiger partial charge in [-0.25, -0.2) is 0 Å². The van der Waals surface area contributed by atoms with E-state index in [0.717, 1.165) is 5.56 Å². The third-order valence-corrected chi connectivity index (χ3v) is 3.43. The highest BCUT2D eigenvalue weighted by Gasteiger charge is 2.46. The molecule has 2 rings (SSSR count). The largest absolute Gasteiger partial charge is 0.497 e. The molecule has 0 saturated carbocycles. The Kier molecular flexibility index (Phi) is 6.09. The Morgan fingerprint density at radius 3 is 2.77 bits per heavy atom. The predicted molar refractivity (Wildman–Crippen MR) is 74.7 cm³/mol. The summed E-state index contributed by atoms with van der Waals surface area (Å²) in [6, 6.07) is 7.31. The molecular formula is C14H21NO7. The van der Waals surface area contributed by atoms with Crippen molar-refractivity contribution in [2.24, 2.45) is 0 Å². The van der Waals surface area contributed by atoms with Crippen molar-refractivity contribution in [3.8, 4) is 5.75 Å². The van der Waals surface area contributed by atoms with Crippen LogP contribution in [0, 0.1) is 0 Å². The van der Waals surface area contributed by atoms with E-state index < -0.39 is 37.3 Å². The molecule has 1 heterocycles. The zero-order chi connectivity index (χ0) is 16.1. The molecule has 1 fully saturated rings. The molecule has 0 radical (unpaired) electrons. The van der Waals surface area contributed by atoms with E-state index in [-0.39, 0.29) is 0 Å². The first kappa shape index (κ1) is 17.1. The molecule has 5 N–H and O–H groups in total. The van der Waals surface area contributed by atoms with E-state index in [1.165, 1.54) is 0 Å². The van der Waals surface area contributed by atoms with Gasteiger partial charge in [-0.15, -0.1) is 0 Å². The van der Waals surface area contributed by atoms with Gasteiger partial charge in [-0.1, -0.05) is 12.1 Å². The van der Waals surface area contributed by atoms with Gasteiger partial charge < -0.3 is 29.9 Å². The Morgan fingerprint density at radius 2 is 2.09 bits per heavy atom. The van der Waals surface area contributed by atoms with Crippen LogP contribution in [-0.2, 0) is 16.1 Å². The Labute approximate surface area is 127 Å². The number of aliphatic hydroxyl groups excluding tert-OH is 4. The number of hydrogen-bond acceptors (Lipinski definition) is 8. The molecule has 0 spiro atoms. The molecule has 1 aromatic carbocycles. The Morgan fingerprint density at radius 1 is 1.32 bits per heavy atom. The maximum atomic E-state index is 9.80. The molecule has 1 aliphatic heterocycles. The first-order valence-corrected chi connectivity index (χ1v) is 6.88. The molecule has 0 bridgehead atoms. The molecule has 0 aromatic heterocycles. The van der Waals surface area contributed by atoms with Crippen molar-refractivity contribution in [1.29, 1.82) is 0 Å². The zero-order valence-electron chi connectivity index (χ0n) is 12.1. The SMILES string of the molecule is COc1cccc(CNO[C@H]2O[C@H]([C@@H](O)CO)[C@H](O)[C@H]2O)c1. The number of methoxy groups -OCH3 is 1. The average Bonchev–Trinajstić information content (AvgIpc) is 2.83. The summed E-state index contributed by atoms with van der Waals surface area (Å²) in [5.41, 5.74) is 3.52. The summed E-state index contributed by atoms with van der Waals surface area (Å²) in [7, 11) is 1.57. The lowest BCUT2D eigenvalue weighted by molar-refractivity contribution is -0.211. The average molecular weight is 315 g/mol. The number of nitrogens with one attached hydrogen (secondary N) is 1. The molecule has 1 saturated heterocycles. The third kappa shape index (κ3) is 3.93. The lowest BCUT2D eigenvalue weighted by atomic mass is 10.1. The maximum absolute atomic E-state index is 9.80. The fraction of sp³-hybridized carbons (Fsp3) is 0.571. The van der Waals surface area contributed by atoms with Crippen molar-refractivity contribution in [1.82, 2.24) is 5.48 Å². The number of hydrogen-bond donors (Lipinski definition) is 5. The van der Waals surface area contributed by atoms with E-state index in [1.807, 2.05) is 24.3 Å². The molecule has 5 atom stereocenters. The minimum atomic E-state index is -1.34. The number of ether oxygens (including phenoxy) is 2. The Hall–Kier alpha value is -1.26. The summed E-state index contributed by atoms with van der Waals surface area (Å²) in [4.78, 5) is 5.17. The van der Waals surface area contributed by atoms with Crippen LogP contribution in [-0.4, -0.2) is 64.8 Å². The number of hydroxylamine groups is 1. The number of rotatable bonds is 7. The van der Waals surface area contributed by atoms with Crippen LogP contribution in [0.3, 0.4) is 0 Å². The minimum absolute atomic E-state index is 0.326. The van der Waals surface area contributed by atoms with Gasteiger partial charge in [0.05, 0.1) is 13.7 Å². The second-order valence-corrected chi connectivity index (χ2v) is 4.99. The summed E-state index contributed by atoms with van der Waals surface area (Å²) in [5, 5.41) is 37.9. The van der Waals surface area contributed by atoms with Gasteiger partial charge in [-0.05, 0) is 17.7 Å². The van der Waals surface area contributed by atoms with Crippen molar-refractivity contribution in [2.75, 3.05) is 13.7 Å². The van der Waals surface area contributed by atoms with Gasteiger partial charge in [0.25, 0.3) is 0 Å². The summed E-state index contributed by atoms with van der Waals surface area (Å²) < 4.78 is 10.3. The molecule has 0 amide bonds. The van der Waals surface area contributed by atoms with Gasteiger partial charge in [0.15, 0.2) is 0 Å². The predicted octanol–water partition coefficient (Wildman–Crippen LogP) is -1.48. The molecule has 124 valence electrons. The summed E-state index contributed by atoms with van der Waals surface area (Å²) >= 11 is 0. The van der Waals surface area contributed by atoms with E-state index in [1.54, 1.807) is 7.11 Å². The second-order valence-electron chi connectivity index (χ2n) is 4.99. The fourth-order valence-electron chi connectivity index (χ4n) is 2.18. The van der Waals surface area contributed by atoms with Crippen LogP contribution in [0.4, 0.5) is 0 Å². The van der Waals surface area contributed by atoms with Crippen LogP contribution in [0.2, 0.25) is 0 Å². The van der Waals surface area contributed by atoms with Gasteiger partial charge in [0.2, 0.25) is 6.29 Å². The molecule has 8 heteroatoms. The summed E-state index contributed by atoms with van der Waals surface area (Å²) in [6.45, 7) is -0.258.